The van der Waals surface area contributed by atoms with Crippen LogP contribution in [0.2, 0.25) is 0 Å². The Hall–Kier alpha value is -1.09. The highest BCUT2D eigenvalue weighted by atomic mass is 16.1. The molecule has 19 heavy (non-hydrogen) atoms. The molecule has 1 saturated carbocycles. The van der Waals surface area contributed by atoms with Crippen LogP contribution in [0.25, 0.3) is 0 Å². The van der Waals surface area contributed by atoms with E-state index in [0.29, 0.717) is 0 Å². The zero-order valence-corrected chi connectivity index (χ0v) is 11.9. The normalized spacial score (nSPS) is 19.8. The fourth-order valence-electron chi connectivity index (χ4n) is 3.12. The lowest BCUT2D eigenvalue weighted by Gasteiger charge is -2.28. The van der Waals surface area contributed by atoms with Crippen molar-refractivity contribution < 1.29 is 4.79 Å². The molecule has 1 unspecified atom stereocenters. The van der Waals surface area contributed by atoms with Gasteiger partial charge in [-0.15, -0.1) is 0 Å². The molecule has 102 valence electrons. The number of rotatable bonds is 5. The Morgan fingerprint density at radius 1 is 1.32 bits per heavy atom. The summed E-state index contributed by atoms with van der Waals surface area (Å²) >= 11 is 0. The summed E-state index contributed by atoms with van der Waals surface area (Å²) in [6, 6.07) is 8.03. The second-order valence-electron chi connectivity index (χ2n) is 6.07. The number of aldehydes is 1. The lowest BCUT2D eigenvalue weighted by molar-refractivity contribution is -0.112. The van der Waals surface area contributed by atoms with Crippen LogP contribution >= 0.6 is 0 Å². The molecular formula is C16H24BNO. The third-order valence-electron chi connectivity index (χ3n) is 4.46. The summed E-state index contributed by atoms with van der Waals surface area (Å²) in [6.45, 7) is 0. The number of hydrogen-bond acceptors (Lipinski definition) is 2. The monoisotopic (exact) mass is 257 g/mol. The van der Waals surface area contributed by atoms with E-state index in [4.69, 9.17) is 5.73 Å². The van der Waals surface area contributed by atoms with Gasteiger partial charge >= 0.3 is 0 Å². The highest BCUT2D eigenvalue weighted by Crippen LogP contribution is 2.31. The fourth-order valence-corrected chi connectivity index (χ4v) is 3.12. The summed E-state index contributed by atoms with van der Waals surface area (Å²) in [5, 5.41) is 0. The minimum atomic E-state index is -0.802. The van der Waals surface area contributed by atoms with E-state index in [1.165, 1.54) is 32.1 Å². The van der Waals surface area contributed by atoms with Gasteiger partial charge in [0, 0.05) is 0 Å². The number of carbonyl (C=O) groups excluding carboxylic acids is 1. The van der Waals surface area contributed by atoms with E-state index >= 15 is 0 Å². The quantitative estimate of drug-likeness (QED) is 0.644. The van der Waals surface area contributed by atoms with E-state index in [0.717, 1.165) is 36.1 Å². The van der Waals surface area contributed by atoms with Gasteiger partial charge in [0.2, 0.25) is 0 Å². The molecule has 0 aliphatic heterocycles. The summed E-state index contributed by atoms with van der Waals surface area (Å²) in [5.41, 5.74) is 7.65. The van der Waals surface area contributed by atoms with Crippen LogP contribution < -0.4 is 11.2 Å². The van der Waals surface area contributed by atoms with Crippen molar-refractivity contribution in [2.75, 3.05) is 0 Å². The molecule has 0 radical (unpaired) electrons. The second kappa shape index (κ2) is 6.38. The molecule has 2 N–H and O–H groups in total. The average molecular weight is 257 g/mol. The van der Waals surface area contributed by atoms with Gasteiger partial charge in [-0.2, -0.15) is 0 Å². The molecule has 0 spiro atoms. The topological polar surface area (TPSA) is 43.1 Å². The van der Waals surface area contributed by atoms with Crippen LogP contribution in [-0.2, 0) is 10.3 Å². The van der Waals surface area contributed by atoms with E-state index in [-0.39, 0.29) is 0 Å². The Balaban J connectivity index is 2.03. The maximum Gasteiger partial charge on any atom is 0.144 e. The van der Waals surface area contributed by atoms with E-state index in [9.17, 15) is 4.79 Å². The lowest BCUT2D eigenvalue weighted by Crippen LogP contribution is -2.39. The van der Waals surface area contributed by atoms with Gasteiger partial charge in [0.1, 0.15) is 14.1 Å². The van der Waals surface area contributed by atoms with Gasteiger partial charge < -0.3 is 10.5 Å². The van der Waals surface area contributed by atoms with Gasteiger partial charge in [0.05, 0.1) is 5.54 Å². The Kier molecular flexibility index (Phi) is 4.81. The zero-order chi connectivity index (χ0) is 13.7. The number of nitrogens with two attached hydrogens (primary N) is 1. The third-order valence-corrected chi connectivity index (χ3v) is 4.46. The molecule has 0 aromatic heterocycles. The van der Waals surface area contributed by atoms with Crippen LogP contribution in [0, 0.1) is 5.92 Å². The minimum Gasteiger partial charge on any atom is -0.316 e. The molecule has 1 atom stereocenters. The SMILES string of the molecule is Bc1cccc(C(N)(C=O)CCC2CCCCC2)c1. The van der Waals surface area contributed by atoms with E-state index in [1.54, 1.807) is 0 Å². The van der Waals surface area contributed by atoms with Crippen LogP contribution in [0.1, 0.15) is 50.5 Å². The van der Waals surface area contributed by atoms with E-state index < -0.39 is 5.54 Å². The first-order valence-electron chi connectivity index (χ1n) is 7.46. The van der Waals surface area contributed by atoms with Crippen molar-refractivity contribution in [2.45, 2.75) is 50.5 Å². The summed E-state index contributed by atoms with van der Waals surface area (Å²) in [7, 11) is 2.04. The lowest BCUT2D eigenvalue weighted by atomic mass is 9.79. The van der Waals surface area contributed by atoms with Crippen molar-refractivity contribution in [1.82, 2.24) is 0 Å². The molecule has 1 aliphatic carbocycles. The van der Waals surface area contributed by atoms with Crippen molar-refractivity contribution in [3.05, 3.63) is 29.8 Å². The molecule has 1 fully saturated rings. The first kappa shape index (κ1) is 14.3. The van der Waals surface area contributed by atoms with Crippen molar-refractivity contribution in [1.29, 1.82) is 0 Å². The molecule has 2 rings (SSSR count). The highest BCUT2D eigenvalue weighted by molar-refractivity contribution is 6.32. The third kappa shape index (κ3) is 3.69. The Bertz CT molecular complexity index is 429. The fraction of sp³-hybridized carbons (Fsp3) is 0.562. The van der Waals surface area contributed by atoms with Crippen LogP contribution in [0.3, 0.4) is 0 Å². The van der Waals surface area contributed by atoms with Gasteiger partial charge in [-0.3, -0.25) is 0 Å². The predicted octanol–water partition coefficient (Wildman–Crippen LogP) is 1.66. The van der Waals surface area contributed by atoms with E-state index in [2.05, 4.69) is 0 Å². The highest BCUT2D eigenvalue weighted by Gasteiger charge is 2.28. The predicted molar refractivity (Wildman–Crippen MR) is 82.4 cm³/mol. The first-order valence-corrected chi connectivity index (χ1v) is 7.46. The summed E-state index contributed by atoms with van der Waals surface area (Å²) < 4.78 is 0. The van der Waals surface area contributed by atoms with Crippen molar-refractivity contribution in [3.8, 4) is 0 Å². The molecule has 1 aromatic carbocycles. The summed E-state index contributed by atoms with van der Waals surface area (Å²) in [4.78, 5) is 11.5. The molecule has 1 aromatic rings. The van der Waals surface area contributed by atoms with Crippen LogP contribution in [0.4, 0.5) is 0 Å². The van der Waals surface area contributed by atoms with Gasteiger partial charge in [-0.1, -0.05) is 61.8 Å². The molecule has 2 nitrogen and oxygen atoms in total. The number of hydrogen-bond donors (Lipinski definition) is 1. The number of benzene rings is 1. The first-order chi connectivity index (χ1) is 9.14. The standard InChI is InChI=1S/C16H24BNO/c17-15-8-4-7-14(11-15)16(18,12-19)10-9-13-5-2-1-3-6-13/h4,7-8,11-13H,1-3,5-6,9-10,17-18H2. The second-order valence-corrected chi connectivity index (χ2v) is 6.07. The summed E-state index contributed by atoms with van der Waals surface area (Å²) in [6.07, 6.45) is 9.45. The van der Waals surface area contributed by atoms with Crippen molar-refractivity contribution >= 4 is 19.6 Å². The van der Waals surface area contributed by atoms with Gasteiger partial charge in [0.15, 0.2) is 0 Å². The minimum absolute atomic E-state index is 0.765. The van der Waals surface area contributed by atoms with E-state index in [1.807, 2.05) is 32.1 Å². The maximum atomic E-state index is 11.5. The van der Waals surface area contributed by atoms with Gasteiger partial charge in [-0.05, 0) is 24.3 Å². The largest absolute Gasteiger partial charge is 0.316 e. The average Bonchev–Trinajstić information content (AvgIpc) is 2.46. The number of carbonyl (C=O) groups is 1. The Morgan fingerprint density at radius 2 is 2.05 bits per heavy atom. The Morgan fingerprint density at radius 3 is 2.68 bits per heavy atom. The van der Waals surface area contributed by atoms with Crippen LogP contribution in [0.15, 0.2) is 24.3 Å². The molecular weight excluding hydrogens is 233 g/mol. The molecule has 0 heterocycles. The van der Waals surface area contributed by atoms with Gasteiger partial charge in [0.25, 0.3) is 0 Å². The molecule has 0 bridgehead atoms. The molecule has 3 heteroatoms. The van der Waals surface area contributed by atoms with Crippen LogP contribution in [-0.4, -0.2) is 14.1 Å². The Labute approximate surface area is 117 Å². The maximum absolute atomic E-state index is 11.5. The molecule has 0 saturated heterocycles. The van der Waals surface area contributed by atoms with Gasteiger partial charge in [-0.25, -0.2) is 0 Å². The smallest absolute Gasteiger partial charge is 0.144 e. The summed E-state index contributed by atoms with van der Waals surface area (Å²) in [5.74, 6) is 0.765. The van der Waals surface area contributed by atoms with Crippen LogP contribution in [0.5, 0.6) is 0 Å². The van der Waals surface area contributed by atoms with Crippen molar-refractivity contribution in [2.24, 2.45) is 11.7 Å². The van der Waals surface area contributed by atoms with Crippen molar-refractivity contribution in [3.63, 3.8) is 0 Å². The zero-order valence-electron chi connectivity index (χ0n) is 11.9. The molecule has 0 amide bonds. The molecule has 1 aliphatic rings.